The normalized spacial score (nSPS) is 17.1. The van der Waals surface area contributed by atoms with Gasteiger partial charge in [0.05, 0.1) is 20.4 Å². The van der Waals surface area contributed by atoms with Crippen LogP contribution in [0.25, 0.3) is 22.0 Å². The third kappa shape index (κ3) is 7.91. The van der Waals surface area contributed by atoms with Crippen LogP contribution in [0, 0.1) is 5.92 Å². The number of likely N-dealkylation sites (tertiary alicyclic amines) is 1. The van der Waals surface area contributed by atoms with Crippen LogP contribution >= 0.6 is 0 Å². The van der Waals surface area contributed by atoms with Gasteiger partial charge in [-0.25, -0.2) is 0 Å². The Morgan fingerprint density at radius 3 is 2.42 bits per heavy atom. The van der Waals surface area contributed by atoms with E-state index in [1.807, 2.05) is 12.1 Å². The Labute approximate surface area is 291 Å². The van der Waals surface area contributed by atoms with Crippen LogP contribution in [0.3, 0.4) is 0 Å². The smallest absolute Gasteiger partial charge is 0.276 e. The van der Waals surface area contributed by atoms with Gasteiger partial charge in [-0.1, -0.05) is 24.3 Å². The number of benzene rings is 2. The van der Waals surface area contributed by atoms with E-state index in [0.29, 0.717) is 68.0 Å². The van der Waals surface area contributed by atoms with Gasteiger partial charge in [0.25, 0.3) is 5.56 Å². The summed E-state index contributed by atoms with van der Waals surface area (Å²) in [5.74, 6) is 1.39. The van der Waals surface area contributed by atoms with Gasteiger partial charge in [0.2, 0.25) is 17.7 Å². The Morgan fingerprint density at radius 2 is 1.74 bits per heavy atom. The fourth-order valence-electron chi connectivity index (χ4n) is 7.27. The molecule has 264 valence electrons. The first kappa shape index (κ1) is 34.9. The Kier molecular flexibility index (Phi) is 11.0. The molecule has 0 unspecified atom stereocenters. The standard InChI is InChI=1S/C38H46N6O6/c1-43-23-31(30-22-40-42-36(30)38(43)48)28-20-32(49-2)29(33(21-28)50-3)5-4-6-34(45)39-15-18-44-16-13-26(14-17-44)25-9-7-24(8-10-25)19-27-11-12-35(46)41-37(27)47/h7-10,20-23,26-27H,4-6,11-19H2,1-3H3,(H,39,45)(H,40,42)(H,41,46,47)/t27-/m1/s1. The van der Waals surface area contributed by atoms with Crippen molar-refractivity contribution in [1.29, 1.82) is 0 Å². The number of H-pyrrole nitrogens is 1. The van der Waals surface area contributed by atoms with E-state index in [-0.39, 0.29) is 29.2 Å². The zero-order valence-corrected chi connectivity index (χ0v) is 29.0. The number of carbonyl (C=O) groups excluding carboxylic acids is 3. The third-order valence-corrected chi connectivity index (χ3v) is 10.2. The Hall–Kier alpha value is -4.97. The number of aromatic nitrogens is 3. The molecule has 0 bridgehead atoms. The Bertz CT molecular complexity index is 1880. The van der Waals surface area contributed by atoms with E-state index in [1.165, 1.54) is 10.1 Å². The van der Waals surface area contributed by atoms with Gasteiger partial charge in [-0.3, -0.25) is 29.6 Å². The highest BCUT2D eigenvalue weighted by atomic mass is 16.5. The van der Waals surface area contributed by atoms with E-state index >= 15 is 0 Å². The summed E-state index contributed by atoms with van der Waals surface area (Å²) in [5.41, 5.74) is 5.31. The van der Waals surface area contributed by atoms with Crippen LogP contribution in [0.4, 0.5) is 0 Å². The molecule has 2 aromatic carbocycles. The van der Waals surface area contributed by atoms with Crippen LogP contribution < -0.4 is 25.7 Å². The maximum Gasteiger partial charge on any atom is 0.276 e. The number of rotatable bonds is 13. The molecule has 2 saturated heterocycles. The molecule has 3 N–H and O–H groups in total. The highest BCUT2D eigenvalue weighted by Crippen LogP contribution is 2.38. The Morgan fingerprint density at radius 1 is 1.02 bits per heavy atom. The minimum absolute atomic E-state index is 0.0272. The molecule has 12 heteroatoms. The van der Waals surface area contributed by atoms with Crippen LogP contribution in [0.2, 0.25) is 0 Å². The fourth-order valence-corrected chi connectivity index (χ4v) is 7.27. The summed E-state index contributed by atoms with van der Waals surface area (Å²) in [6, 6.07) is 12.5. The molecule has 12 nitrogen and oxygen atoms in total. The second-order valence-corrected chi connectivity index (χ2v) is 13.4. The number of nitrogens with zero attached hydrogens (tertiary/aromatic N) is 3. The minimum atomic E-state index is -0.175. The lowest BCUT2D eigenvalue weighted by Gasteiger charge is -2.32. The summed E-state index contributed by atoms with van der Waals surface area (Å²) >= 11 is 0. The number of hydrogen-bond acceptors (Lipinski definition) is 8. The molecule has 4 heterocycles. The predicted molar refractivity (Wildman–Crippen MR) is 190 cm³/mol. The average molecular weight is 683 g/mol. The SMILES string of the molecule is COc1cc(-c2cn(C)c(=O)c3[nH]ncc23)cc(OC)c1CCCC(=O)NCCN1CCC(c2ccc(C[C@H]3CCC(=O)NC3=O)cc2)CC1. The molecule has 2 fully saturated rings. The lowest BCUT2D eigenvalue weighted by atomic mass is 9.87. The average Bonchev–Trinajstić information content (AvgIpc) is 3.62. The van der Waals surface area contributed by atoms with Gasteiger partial charge in [-0.15, -0.1) is 0 Å². The number of imide groups is 1. The van der Waals surface area contributed by atoms with Gasteiger partial charge in [0.1, 0.15) is 17.0 Å². The number of ether oxygens (including phenoxy) is 2. The van der Waals surface area contributed by atoms with E-state index in [2.05, 4.69) is 50.0 Å². The van der Waals surface area contributed by atoms with Crippen LogP contribution in [-0.2, 0) is 34.3 Å². The molecule has 0 radical (unpaired) electrons. The van der Waals surface area contributed by atoms with Crippen LogP contribution in [0.15, 0.2) is 53.6 Å². The topological polar surface area (TPSA) is 148 Å². The van der Waals surface area contributed by atoms with Crippen molar-refractivity contribution in [3.63, 3.8) is 0 Å². The molecule has 0 saturated carbocycles. The molecule has 2 aromatic heterocycles. The van der Waals surface area contributed by atoms with Crippen molar-refractivity contribution >= 4 is 28.6 Å². The summed E-state index contributed by atoms with van der Waals surface area (Å²) in [4.78, 5) is 51.2. The monoisotopic (exact) mass is 682 g/mol. The number of amides is 3. The molecule has 3 amide bonds. The van der Waals surface area contributed by atoms with E-state index in [0.717, 1.165) is 60.1 Å². The van der Waals surface area contributed by atoms with E-state index in [9.17, 15) is 19.2 Å². The zero-order valence-electron chi connectivity index (χ0n) is 29.0. The van der Waals surface area contributed by atoms with Gasteiger partial charge < -0.3 is 24.3 Å². The first-order valence-corrected chi connectivity index (χ1v) is 17.4. The molecule has 2 aliphatic rings. The van der Waals surface area contributed by atoms with Crippen molar-refractivity contribution < 1.29 is 23.9 Å². The molecular formula is C38H46N6O6. The lowest BCUT2D eigenvalue weighted by molar-refractivity contribution is -0.136. The molecule has 0 spiro atoms. The quantitative estimate of drug-likeness (QED) is 0.180. The van der Waals surface area contributed by atoms with Crippen molar-refractivity contribution in [1.82, 2.24) is 30.3 Å². The van der Waals surface area contributed by atoms with Crippen molar-refractivity contribution in [2.24, 2.45) is 13.0 Å². The van der Waals surface area contributed by atoms with Gasteiger partial charge in [-0.2, -0.15) is 5.10 Å². The number of pyridine rings is 1. The van der Waals surface area contributed by atoms with Crippen LogP contribution in [-0.4, -0.2) is 77.8 Å². The molecule has 4 aromatic rings. The number of aryl methyl sites for hydroxylation is 1. The number of fused-ring (bicyclic) bond motifs is 1. The maximum atomic E-state index is 12.7. The Balaban J connectivity index is 0.939. The second kappa shape index (κ2) is 15.7. The first-order valence-electron chi connectivity index (χ1n) is 17.4. The maximum absolute atomic E-state index is 12.7. The summed E-state index contributed by atoms with van der Waals surface area (Å²) in [6.45, 7) is 3.41. The fraction of sp³-hybridized carbons (Fsp3) is 0.447. The number of nitrogens with one attached hydrogen (secondary N) is 3. The van der Waals surface area contributed by atoms with Gasteiger partial charge in [0.15, 0.2) is 0 Å². The predicted octanol–water partition coefficient (Wildman–Crippen LogP) is 3.86. The highest BCUT2D eigenvalue weighted by molar-refractivity contribution is 5.98. The first-order chi connectivity index (χ1) is 24.2. The van der Waals surface area contributed by atoms with E-state index in [4.69, 9.17) is 9.47 Å². The second-order valence-electron chi connectivity index (χ2n) is 13.4. The number of aromatic amines is 1. The van der Waals surface area contributed by atoms with Crippen LogP contribution in [0.5, 0.6) is 11.5 Å². The van der Waals surface area contributed by atoms with Crippen molar-refractivity contribution in [3.05, 3.63) is 75.8 Å². The molecule has 6 rings (SSSR count). The summed E-state index contributed by atoms with van der Waals surface area (Å²) < 4.78 is 13.1. The zero-order chi connectivity index (χ0) is 35.2. The largest absolute Gasteiger partial charge is 0.496 e. The van der Waals surface area contributed by atoms with E-state index < -0.39 is 0 Å². The molecule has 2 aliphatic heterocycles. The number of hydrogen-bond donors (Lipinski definition) is 3. The summed E-state index contributed by atoms with van der Waals surface area (Å²) in [5, 5.41) is 13.1. The van der Waals surface area contributed by atoms with Gasteiger partial charge >= 0.3 is 0 Å². The summed E-state index contributed by atoms with van der Waals surface area (Å²) in [7, 11) is 4.95. The summed E-state index contributed by atoms with van der Waals surface area (Å²) in [6.07, 6.45) is 8.90. The van der Waals surface area contributed by atoms with Gasteiger partial charge in [-0.05, 0) is 86.4 Å². The van der Waals surface area contributed by atoms with Gasteiger partial charge in [0, 0.05) is 61.6 Å². The number of methoxy groups -OCH3 is 2. The van der Waals surface area contributed by atoms with Crippen molar-refractivity contribution in [2.45, 2.75) is 57.3 Å². The molecule has 0 aliphatic carbocycles. The lowest BCUT2D eigenvalue weighted by Crippen LogP contribution is -2.41. The third-order valence-electron chi connectivity index (χ3n) is 10.2. The highest BCUT2D eigenvalue weighted by Gasteiger charge is 2.27. The molecular weight excluding hydrogens is 636 g/mol. The molecule has 50 heavy (non-hydrogen) atoms. The van der Waals surface area contributed by atoms with Crippen molar-refractivity contribution in [2.75, 3.05) is 40.4 Å². The van der Waals surface area contributed by atoms with Crippen molar-refractivity contribution in [3.8, 4) is 22.6 Å². The van der Waals surface area contributed by atoms with Crippen LogP contribution in [0.1, 0.15) is 61.1 Å². The number of piperidine rings is 2. The minimum Gasteiger partial charge on any atom is -0.496 e. The van der Waals surface area contributed by atoms with E-state index in [1.54, 1.807) is 33.7 Å². The number of carbonyl (C=O) groups is 3. The molecule has 1 atom stereocenters.